The lowest BCUT2D eigenvalue weighted by Crippen LogP contribution is -2.45. The van der Waals surface area contributed by atoms with E-state index in [2.05, 4.69) is 18.2 Å². The maximum Gasteiger partial charge on any atom is 0.118 e. The maximum atomic E-state index is 12.1. The summed E-state index contributed by atoms with van der Waals surface area (Å²) in [6.45, 7) is 0. The van der Waals surface area contributed by atoms with E-state index in [0.29, 0.717) is 12.8 Å². The molecule has 3 N–H and O–H groups in total. The largest absolute Gasteiger partial charge is 0.497 e. The Morgan fingerprint density at radius 3 is 1.75 bits per heavy atom. The van der Waals surface area contributed by atoms with Gasteiger partial charge in [0.2, 0.25) is 0 Å². The fourth-order valence-corrected chi connectivity index (χ4v) is 4.29. The van der Waals surface area contributed by atoms with Gasteiger partial charge in [-0.25, -0.2) is 0 Å². The van der Waals surface area contributed by atoms with Gasteiger partial charge in [-0.15, -0.1) is 0 Å². The van der Waals surface area contributed by atoms with Crippen LogP contribution in [0.3, 0.4) is 0 Å². The molecule has 0 radical (unpaired) electrons. The highest BCUT2D eigenvalue weighted by atomic mass is 16.5. The van der Waals surface area contributed by atoms with Crippen LogP contribution in [0, 0.1) is 0 Å². The minimum Gasteiger partial charge on any atom is -0.497 e. The van der Waals surface area contributed by atoms with Gasteiger partial charge in [0, 0.05) is 12.8 Å². The SMILES string of the molecule is COc1ccc(CC(O)(Cc2ccc(OC)cc2)[C@H](N)c2cccc3ccccc23)cc1. The predicted octanol–water partition coefficient (Wildman–Crippen LogP) is 5.07. The highest BCUT2D eigenvalue weighted by molar-refractivity contribution is 5.86. The van der Waals surface area contributed by atoms with Gasteiger partial charge in [0.1, 0.15) is 11.5 Å². The molecule has 0 amide bonds. The fraction of sp³-hybridized carbons (Fsp3) is 0.214. The van der Waals surface area contributed by atoms with Crippen LogP contribution in [0.1, 0.15) is 22.7 Å². The number of rotatable bonds is 8. The molecule has 0 aliphatic rings. The molecular weight excluding hydrogens is 398 g/mol. The summed E-state index contributed by atoms with van der Waals surface area (Å²) in [7, 11) is 3.29. The van der Waals surface area contributed by atoms with Crippen LogP contribution in [0.15, 0.2) is 91.0 Å². The number of hydrogen-bond donors (Lipinski definition) is 2. The molecule has 0 fully saturated rings. The summed E-state index contributed by atoms with van der Waals surface area (Å²) in [6.07, 6.45) is 0.820. The summed E-state index contributed by atoms with van der Waals surface area (Å²) >= 11 is 0. The van der Waals surface area contributed by atoms with E-state index in [1.54, 1.807) is 14.2 Å². The highest BCUT2D eigenvalue weighted by Gasteiger charge is 2.36. The van der Waals surface area contributed by atoms with Crippen molar-refractivity contribution in [3.05, 3.63) is 108 Å². The van der Waals surface area contributed by atoms with Crippen molar-refractivity contribution in [1.82, 2.24) is 0 Å². The third-order valence-electron chi connectivity index (χ3n) is 6.08. The first-order valence-electron chi connectivity index (χ1n) is 10.7. The predicted molar refractivity (Wildman–Crippen MR) is 129 cm³/mol. The molecule has 0 spiro atoms. The number of methoxy groups -OCH3 is 2. The third-order valence-corrected chi connectivity index (χ3v) is 6.08. The second-order valence-electron chi connectivity index (χ2n) is 8.20. The molecule has 0 saturated carbocycles. The van der Waals surface area contributed by atoms with E-state index < -0.39 is 11.6 Å². The Kier molecular flexibility index (Phi) is 6.45. The molecule has 0 unspecified atom stereocenters. The quantitative estimate of drug-likeness (QED) is 0.412. The fourth-order valence-electron chi connectivity index (χ4n) is 4.29. The average molecular weight is 428 g/mol. The van der Waals surface area contributed by atoms with E-state index in [0.717, 1.165) is 39.0 Å². The Bertz CT molecular complexity index is 1110. The molecule has 164 valence electrons. The third kappa shape index (κ3) is 4.62. The molecule has 0 aliphatic heterocycles. The van der Waals surface area contributed by atoms with Crippen molar-refractivity contribution in [2.45, 2.75) is 24.5 Å². The zero-order valence-corrected chi connectivity index (χ0v) is 18.5. The molecule has 0 heterocycles. The van der Waals surface area contributed by atoms with Crippen molar-refractivity contribution in [1.29, 1.82) is 0 Å². The van der Waals surface area contributed by atoms with E-state index in [4.69, 9.17) is 15.2 Å². The van der Waals surface area contributed by atoms with Crippen LogP contribution >= 0.6 is 0 Å². The van der Waals surface area contributed by atoms with Crippen molar-refractivity contribution in [2.75, 3.05) is 14.2 Å². The molecule has 4 rings (SSSR count). The van der Waals surface area contributed by atoms with Gasteiger partial charge in [-0.3, -0.25) is 0 Å². The zero-order valence-electron chi connectivity index (χ0n) is 18.5. The Hall–Kier alpha value is -3.34. The minimum absolute atomic E-state index is 0.410. The van der Waals surface area contributed by atoms with Gasteiger partial charge < -0.3 is 20.3 Å². The number of hydrogen-bond acceptors (Lipinski definition) is 4. The summed E-state index contributed by atoms with van der Waals surface area (Å²) in [6, 6.07) is 29.2. The van der Waals surface area contributed by atoms with Crippen LogP contribution in [0.2, 0.25) is 0 Å². The van der Waals surface area contributed by atoms with Crippen LogP contribution in [0.4, 0.5) is 0 Å². The van der Waals surface area contributed by atoms with Crippen molar-refractivity contribution in [3.63, 3.8) is 0 Å². The van der Waals surface area contributed by atoms with E-state index in [9.17, 15) is 5.11 Å². The maximum absolute atomic E-state index is 12.1. The van der Waals surface area contributed by atoms with Crippen molar-refractivity contribution in [3.8, 4) is 11.5 Å². The normalized spacial score (nSPS) is 12.5. The lowest BCUT2D eigenvalue weighted by atomic mass is 9.78. The van der Waals surface area contributed by atoms with Gasteiger partial charge in [-0.05, 0) is 51.7 Å². The number of benzene rings is 4. The zero-order chi connectivity index (χ0) is 22.6. The average Bonchev–Trinajstić information content (AvgIpc) is 2.84. The first-order valence-corrected chi connectivity index (χ1v) is 10.7. The molecule has 0 aliphatic carbocycles. The standard InChI is InChI=1S/C28H29NO3/c1-31-23-14-10-20(11-15-23)18-28(30,19-21-12-16-24(32-2)17-13-21)27(29)26-9-5-7-22-6-3-4-8-25(22)26/h3-17,27,30H,18-19,29H2,1-2H3/t27-/m1/s1. The molecule has 4 aromatic rings. The van der Waals surface area contributed by atoms with Crippen molar-refractivity contribution in [2.24, 2.45) is 5.73 Å². The van der Waals surface area contributed by atoms with Gasteiger partial charge in [-0.1, -0.05) is 66.7 Å². The first kappa shape index (κ1) is 21.9. The monoisotopic (exact) mass is 427 g/mol. The lowest BCUT2D eigenvalue weighted by Gasteiger charge is -2.35. The number of aliphatic hydroxyl groups is 1. The Morgan fingerprint density at radius 1 is 0.719 bits per heavy atom. The van der Waals surface area contributed by atoms with Gasteiger partial charge in [0.15, 0.2) is 0 Å². The second-order valence-corrected chi connectivity index (χ2v) is 8.20. The first-order chi connectivity index (χ1) is 15.5. The number of ether oxygens (including phenoxy) is 2. The molecule has 1 atom stereocenters. The van der Waals surface area contributed by atoms with Gasteiger partial charge in [0.25, 0.3) is 0 Å². The van der Waals surface area contributed by atoms with Gasteiger partial charge in [0.05, 0.1) is 25.9 Å². The van der Waals surface area contributed by atoms with Crippen molar-refractivity contribution >= 4 is 10.8 Å². The summed E-state index contributed by atoms with van der Waals surface area (Å²) in [5.41, 5.74) is 8.58. The summed E-state index contributed by atoms with van der Waals surface area (Å²) in [4.78, 5) is 0. The van der Waals surface area contributed by atoms with Crippen LogP contribution in [0.5, 0.6) is 11.5 Å². The van der Waals surface area contributed by atoms with Gasteiger partial charge >= 0.3 is 0 Å². The molecule has 0 aromatic heterocycles. The Balaban J connectivity index is 1.73. The molecule has 4 aromatic carbocycles. The number of fused-ring (bicyclic) bond motifs is 1. The second kappa shape index (κ2) is 9.43. The van der Waals surface area contributed by atoms with Crippen LogP contribution < -0.4 is 15.2 Å². The molecule has 0 bridgehead atoms. The number of nitrogens with two attached hydrogens (primary N) is 1. The Morgan fingerprint density at radius 2 is 1.22 bits per heavy atom. The molecule has 4 nitrogen and oxygen atoms in total. The van der Waals surface area contributed by atoms with Crippen LogP contribution in [-0.2, 0) is 12.8 Å². The lowest BCUT2D eigenvalue weighted by molar-refractivity contribution is 0.0140. The smallest absolute Gasteiger partial charge is 0.118 e. The van der Waals surface area contributed by atoms with E-state index in [1.807, 2.05) is 72.8 Å². The van der Waals surface area contributed by atoms with Crippen LogP contribution in [-0.4, -0.2) is 24.9 Å². The van der Waals surface area contributed by atoms with Crippen molar-refractivity contribution < 1.29 is 14.6 Å². The molecule has 4 heteroatoms. The molecule has 32 heavy (non-hydrogen) atoms. The van der Waals surface area contributed by atoms with Gasteiger partial charge in [-0.2, -0.15) is 0 Å². The van der Waals surface area contributed by atoms with E-state index >= 15 is 0 Å². The molecule has 0 saturated heterocycles. The summed E-state index contributed by atoms with van der Waals surface area (Å²) in [5, 5.41) is 14.2. The topological polar surface area (TPSA) is 64.7 Å². The summed E-state index contributed by atoms with van der Waals surface area (Å²) < 4.78 is 10.6. The van der Waals surface area contributed by atoms with E-state index in [-0.39, 0.29) is 0 Å². The minimum atomic E-state index is -1.20. The Labute approximate surface area is 189 Å². The highest BCUT2D eigenvalue weighted by Crippen LogP contribution is 2.35. The molecular formula is C28H29NO3. The van der Waals surface area contributed by atoms with E-state index in [1.165, 1.54) is 0 Å². The summed E-state index contributed by atoms with van der Waals surface area (Å²) in [5.74, 6) is 1.57. The van der Waals surface area contributed by atoms with Crippen LogP contribution in [0.25, 0.3) is 10.8 Å².